The quantitative estimate of drug-likeness (QED) is 0.670. The second-order valence-electron chi connectivity index (χ2n) is 7.42. The van der Waals surface area contributed by atoms with Crippen molar-refractivity contribution in [1.29, 1.82) is 0 Å². The number of nitrogens with zero attached hydrogens (tertiary/aromatic N) is 2. The third-order valence-electron chi connectivity index (χ3n) is 4.26. The highest BCUT2D eigenvalue weighted by atomic mass is 16.5. The molecule has 2 aromatic carbocycles. The molecule has 0 saturated carbocycles. The molecule has 6 heteroatoms. The fourth-order valence-corrected chi connectivity index (χ4v) is 2.58. The van der Waals surface area contributed by atoms with Crippen LogP contribution in [0, 0.1) is 0 Å². The SMILES string of the molecule is COc1ccc(Nc2cnc(C(=O)Nc3ccc(C(C)(C)C)cc3)cn2)cc1. The fourth-order valence-electron chi connectivity index (χ4n) is 2.58. The molecule has 0 radical (unpaired) electrons. The summed E-state index contributed by atoms with van der Waals surface area (Å²) in [5.41, 5.74) is 3.10. The zero-order valence-corrected chi connectivity index (χ0v) is 16.5. The van der Waals surface area contributed by atoms with E-state index < -0.39 is 0 Å². The van der Waals surface area contributed by atoms with E-state index in [2.05, 4.69) is 41.4 Å². The van der Waals surface area contributed by atoms with Crippen molar-refractivity contribution in [1.82, 2.24) is 9.97 Å². The van der Waals surface area contributed by atoms with Crippen molar-refractivity contribution in [2.24, 2.45) is 0 Å². The topological polar surface area (TPSA) is 76.1 Å². The van der Waals surface area contributed by atoms with Crippen LogP contribution in [-0.4, -0.2) is 23.0 Å². The first-order valence-electron chi connectivity index (χ1n) is 9.00. The summed E-state index contributed by atoms with van der Waals surface area (Å²) in [5.74, 6) is 1.03. The van der Waals surface area contributed by atoms with Crippen LogP contribution in [0.1, 0.15) is 36.8 Å². The second-order valence-corrected chi connectivity index (χ2v) is 7.42. The van der Waals surface area contributed by atoms with Gasteiger partial charge in [0.1, 0.15) is 17.3 Å². The van der Waals surface area contributed by atoms with E-state index in [1.54, 1.807) is 7.11 Å². The van der Waals surface area contributed by atoms with Gasteiger partial charge in [0.2, 0.25) is 0 Å². The predicted octanol–water partition coefficient (Wildman–Crippen LogP) is 4.78. The average Bonchev–Trinajstić information content (AvgIpc) is 2.69. The maximum absolute atomic E-state index is 12.4. The Bertz CT molecular complexity index is 928. The monoisotopic (exact) mass is 376 g/mol. The van der Waals surface area contributed by atoms with Crippen molar-refractivity contribution < 1.29 is 9.53 Å². The van der Waals surface area contributed by atoms with Gasteiger partial charge in [-0.15, -0.1) is 0 Å². The second kappa shape index (κ2) is 8.08. The lowest BCUT2D eigenvalue weighted by Gasteiger charge is -2.19. The van der Waals surface area contributed by atoms with Gasteiger partial charge in [-0.1, -0.05) is 32.9 Å². The molecule has 1 heterocycles. The van der Waals surface area contributed by atoms with Gasteiger partial charge in [-0.05, 0) is 47.4 Å². The maximum Gasteiger partial charge on any atom is 0.275 e. The highest BCUT2D eigenvalue weighted by Crippen LogP contribution is 2.23. The van der Waals surface area contributed by atoms with Crippen molar-refractivity contribution in [2.75, 3.05) is 17.7 Å². The van der Waals surface area contributed by atoms with Crippen LogP contribution in [0.5, 0.6) is 5.75 Å². The van der Waals surface area contributed by atoms with E-state index in [0.717, 1.165) is 17.1 Å². The maximum atomic E-state index is 12.4. The molecule has 1 amide bonds. The van der Waals surface area contributed by atoms with E-state index in [-0.39, 0.29) is 17.0 Å². The van der Waals surface area contributed by atoms with Gasteiger partial charge in [0.05, 0.1) is 19.5 Å². The van der Waals surface area contributed by atoms with Gasteiger partial charge >= 0.3 is 0 Å². The van der Waals surface area contributed by atoms with Crippen LogP contribution in [-0.2, 0) is 5.41 Å². The largest absolute Gasteiger partial charge is 0.497 e. The van der Waals surface area contributed by atoms with Crippen molar-refractivity contribution >= 4 is 23.1 Å². The Morgan fingerprint density at radius 3 is 2.07 bits per heavy atom. The van der Waals surface area contributed by atoms with Gasteiger partial charge in [0.25, 0.3) is 5.91 Å². The molecule has 28 heavy (non-hydrogen) atoms. The van der Waals surface area contributed by atoms with Crippen LogP contribution >= 0.6 is 0 Å². The third-order valence-corrected chi connectivity index (χ3v) is 4.26. The third kappa shape index (κ3) is 4.85. The number of amides is 1. The Kier molecular flexibility index (Phi) is 5.59. The number of nitrogens with one attached hydrogen (secondary N) is 2. The van der Waals surface area contributed by atoms with Crippen LogP contribution in [0.15, 0.2) is 60.9 Å². The summed E-state index contributed by atoms with van der Waals surface area (Å²) < 4.78 is 5.13. The lowest BCUT2D eigenvalue weighted by molar-refractivity contribution is 0.102. The first-order chi connectivity index (χ1) is 13.3. The summed E-state index contributed by atoms with van der Waals surface area (Å²) in [6.45, 7) is 6.45. The number of carbonyl (C=O) groups excluding carboxylic acids is 1. The molecule has 144 valence electrons. The van der Waals surface area contributed by atoms with Gasteiger partial charge in [0, 0.05) is 11.4 Å². The minimum absolute atomic E-state index is 0.0702. The normalized spacial score (nSPS) is 11.0. The smallest absolute Gasteiger partial charge is 0.275 e. The number of methoxy groups -OCH3 is 1. The van der Waals surface area contributed by atoms with Crippen LogP contribution in [0.2, 0.25) is 0 Å². The fraction of sp³-hybridized carbons (Fsp3) is 0.227. The minimum atomic E-state index is -0.299. The zero-order chi connectivity index (χ0) is 20.1. The van der Waals surface area contributed by atoms with Gasteiger partial charge in [-0.25, -0.2) is 9.97 Å². The predicted molar refractivity (Wildman–Crippen MR) is 111 cm³/mol. The Labute approximate surface area is 165 Å². The number of rotatable bonds is 5. The standard InChI is InChI=1S/C22H24N4O2/c1-22(2,3)15-5-7-17(8-6-15)26-21(27)19-13-24-20(14-23-19)25-16-9-11-18(28-4)12-10-16/h5-14H,1-4H3,(H,24,25)(H,26,27). The molecule has 0 spiro atoms. The lowest BCUT2D eigenvalue weighted by Crippen LogP contribution is -2.15. The molecule has 0 aliphatic carbocycles. The number of hydrogen-bond acceptors (Lipinski definition) is 5. The van der Waals surface area contributed by atoms with Crippen LogP contribution in [0.3, 0.4) is 0 Å². The van der Waals surface area contributed by atoms with Crippen LogP contribution < -0.4 is 15.4 Å². The molecule has 0 bridgehead atoms. The highest BCUT2D eigenvalue weighted by Gasteiger charge is 2.14. The Morgan fingerprint density at radius 2 is 1.54 bits per heavy atom. The molecular formula is C22H24N4O2. The number of aromatic nitrogens is 2. The van der Waals surface area contributed by atoms with E-state index in [0.29, 0.717) is 5.82 Å². The summed E-state index contributed by atoms with van der Waals surface area (Å²) in [6, 6.07) is 15.3. The van der Waals surface area contributed by atoms with Gasteiger partial charge in [-0.3, -0.25) is 4.79 Å². The number of benzene rings is 2. The lowest BCUT2D eigenvalue weighted by atomic mass is 9.87. The average molecular weight is 376 g/mol. The van der Waals surface area contributed by atoms with Crippen LogP contribution in [0.4, 0.5) is 17.2 Å². The van der Waals surface area contributed by atoms with E-state index >= 15 is 0 Å². The molecule has 0 aliphatic rings. The van der Waals surface area contributed by atoms with Gasteiger partial charge in [-0.2, -0.15) is 0 Å². The van der Waals surface area contributed by atoms with Crippen molar-refractivity contribution in [2.45, 2.75) is 26.2 Å². The first-order valence-corrected chi connectivity index (χ1v) is 9.00. The summed E-state index contributed by atoms with van der Waals surface area (Å²) in [4.78, 5) is 20.8. The summed E-state index contributed by atoms with van der Waals surface area (Å²) in [5, 5.41) is 5.97. The first kappa shape index (κ1) is 19.4. The molecule has 3 rings (SSSR count). The minimum Gasteiger partial charge on any atom is -0.497 e. The molecular weight excluding hydrogens is 352 g/mol. The van der Waals surface area contributed by atoms with Crippen molar-refractivity contribution in [3.8, 4) is 5.75 Å². The molecule has 0 fully saturated rings. The number of carbonyl (C=O) groups is 1. The Balaban J connectivity index is 1.63. The van der Waals surface area contributed by atoms with Gasteiger partial charge in [0.15, 0.2) is 0 Å². The molecule has 3 aromatic rings. The summed E-state index contributed by atoms with van der Waals surface area (Å²) in [7, 11) is 1.62. The van der Waals surface area contributed by atoms with Crippen molar-refractivity contribution in [3.05, 3.63) is 72.2 Å². The molecule has 0 atom stereocenters. The van der Waals surface area contributed by atoms with E-state index in [1.165, 1.54) is 18.0 Å². The zero-order valence-electron chi connectivity index (χ0n) is 16.5. The number of ether oxygens (including phenoxy) is 1. The molecule has 2 N–H and O–H groups in total. The molecule has 0 unspecified atom stereocenters. The number of anilines is 3. The van der Waals surface area contributed by atoms with Crippen LogP contribution in [0.25, 0.3) is 0 Å². The Hall–Kier alpha value is -3.41. The highest BCUT2D eigenvalue weighted by molar-refractivity contribution is 6.02. The van der Waals surface area contributed by atoms with Crippen molar-refractivity contribution in [3.63, 3.8) is 0 Å². The molecule has 0 aliphatic heterocycles. The summed E-state index contributed by atoms with van der Waals surface area (Å²) >= 11 is 0. The van der Waals surface area contributed by atoms with E-state index in [4.69, 9.17) is 4.74 Å². The number of hydrogen-bond donors (Lipinski definition) is 2. The molecule has 0 saturated heterocycles. The molecule has 6 nitrogen and oxygen atoms in total. The summed E-state index contributed by atoms with van der Waals surface area (Å²) in [6.07, 6.45) is 2.98. The van der Waals surface area contributed by atoms with E-state index in [1.807, 2.05) is 48.5 Å². The van der Waals surface area contributed by atoms with E-state index in [9.17, 15) is 4.79 Å². The Morgan fingerprint density at radius 1 is 0.893 bits per heavy atom. The molecule has 1 aromatic heterocycles. The van der Waals surface area contributed by atoms with Gasteiger partial charge < -0.3 is 15.4 Å².